The van der Waals surface area contributed by atoms with Crippen molar-refractivity contribution in [2.75, 3.05) is 18.9 Å². The molecule has 2 fully saturated rings. The molecule has 1 aliphatic heterocycles. The number of benzene rings is 1. The Bertz CT molecular complexity index is 999. The van der Waals surface area contributed by atoms with E-state index in [-0.39, 0.29) is 43.0 Å². The van der Waals surface area contributed by atoms with Crippen LogP contribution in [0.3, 0.4) is 0 Å². The van der Waals surface area contributed by atoms with Crippen LogP contribution in [0.5, 0.6) is 0 Å². The summed E-state index contributed by atoms with van der Waals surface area (Å²) in [6.45, 7) is 5.68. The van der Waals surface area contributed by atoms with Gasteiger partial charge in [0, 0.05) is 25.0 Å². The molecule has 1 amide bonds. The number of nitrogens with zero attached hydrogens (tertiary/aromatic N) is 1. The van der Waals surface area contributed by atoms with Crippen LogP contribution in [0.1, 0.15) is 84.1 Å². The van der Waals surface area contributed by atoms with Gasteiger partial charge in [-0.15, -0.1) is 12.4 Å². The third-order valence-electron chi connectivity index (χ3n) is 8.07. The van der Waals surface area contributed by atoms with Gasteiger partial charge in [0.2, 0.25) is 19.6 Å². The lowest BCUT2D eigenvalue weighted by atomic mass is 9.79. The van der Waals surface area contributed by atoms with Gasteiger partial charge in [0.25, 0.3) is 0 Å². The van der Waals surface area contributed by atoms with Gasteiger partial charge in [-0.05, 0) is 43.1 Å². The number of hydrogen-bond donors (Lipinski definition) is 1. The Labute approximate surface area is 245 Å². The zero-order chi connectivity index (χ0) is 28.4. The van der Waals surface area contributed by atoms with Crippen LogP contribution in [0.25, 0.3) is 0 Å². The predicted molar refractivity (Wildman–Crippen MR) is 158 cm³/mol. The van der Waals surface area contributed by atoms with Crippen LogP contribution in [-0.4, -0.2) is 59.1 Å². The maximum absolute atomic E-state index is 14.2. The van der Waals surface area contributed by atoms with Crippen LogP contribution in [-0.2, 0) is 34.6 Å². The van der Waals surface area contributed by atoms with E-state index in [4.69, 9.17) is 9.26 Å². The van der Waals surface area contributed by atoms with Gasteiger partial charge in [0.15, 0.2) is 0 Å². The first-order valence-corrected chi connectivity index (χ1v) is 16.6. The summed E-state index contributed by atoms with van der Waals surface area (Å²) in [7, 11) is -3.60. The van der Waals surface area contributed by atoms with Crippen molar-refractivity contribution in [2.45, 2.75) is 97.3 Å². The monoisotopic (exact) mass is 599 g/mol. The number of rotatable bonds is 14. The summed E-state index contributed by atoms with van der Waals surface area (Å²) >= 11 is 0. The molecule has 4 atom stereocenters. The molecule has 3 rings (SSSR count). The zero-order valence-electron chi connectivity index (χ0n) is 24.2. The highest BCUT2D eigenvalue weighted by molar-refractivity contribution is 7.59. The van der Waals surface area contributed by atoms with Crippen LogP contribution in [0.15, 0.2) is 30.3 Å². The lowest BCUT2D eigenvalue weighted by Gasteiger charge is -2.30. The normalized spacial score (nSPS) is 21.9. The van der Waals surface area contributed by atoms with E-state index in [0.29, 0.717) is 25.3 Å². The van der Waals surface area contributed by atoms with Crippen molar-refractivity contribution in [1.82, 2.24) is 4.90 Å². The zero-order valence-corrected chi connectivity index (χ0v) is 25.9. The van der Waals surface area contributed by atoms with Crippen LogP contribution in [0.4, 0.5) is 0 Å². The summed E-state index contributed by atoms with van der Waals surface area (Å²) in [6, 6.07) is 9.10. The second-order valence-corrected chi connectivity index (χ2v) is 14.1. The largest absolute Gasteiger partial charge is 0.480 e. The molecule has 8 nitrogen and oxygen atoms in total. The molecule has 0 spiro atoms. The summed E-state index contributed by atoms with van der Waals surface area (Å²) in [5.41, 5.74) is 1.18. The molecular weight excluding hydrogens is 553 g/mol. The van der Waals surface area contributed by atoms with Crippen molar-refractivity contribution >= 4 is 37.6 Å². The first-order valence-electron chi connectivity index (χ1n) is 14.6. The predicted octanol–water partition coefficient (Wildman–Crippen LogP) is 6.54. The van der Waals surface area contributed by atoms with Crippen molar-refractivity contribution < 1.29 is 33.3 Å². The Morgan fingerprint density at radius 1 is 1.05 bits per heavy atom. The van der Waals surface area contributed by atoms with Gasteiger partial charge in [-0.3, -0.25) is 18.7 Å². The smallest absolute Gasteiger partial charge is 0.326 e. The van der Waals surface area contributed by atoms with Gasteiger partial charge in [-0.25, -0.2) is 4.79 Å². The maximum Gasteiger partial charge on any atom is 0.326 e. The summed E-state index contributed by atoms with van der Waals surface area (Å²) in [5.74, 6) is -1.61. The standard InChI is InChI=1S/C30H46NO7P.ClH/c1-4-28(33)37-30(22(2)3)38-39(36,18-12-11-15-23-13-7-5-8-14-23)21-27(32)31-20-25(19-26(31)29(34)35)24-16-9-6-10-17-24;/h5,7-8,13-14,22,24-26,30H,4,6,9-12,15-21H2,1-3H3,(H,34,35);1H/t25-,26+,30+,39-;/m1./s1. The van der Waals surface area contributed by atoms with E-state index in [1.54, 1.807) is 6.92 Å². The number of carboxylic acids is 1. The number of carboxylic acid groups (broad SMARTS) is 1. The third kappa shape index (κ3) is 10.2. The van der Waals surface area contributed by atoms with Crippen LogP contribution >= 0.6 is 19.8 Å². The summed E-state index contributed by atoms with van der Waals surface area (Å²) in [4.78, 5) is 39.2. The molecule has 0 bridgehead atoms. The molecule has 1 N–H and O–H groups in total. The van der Waals surface area contributed by atoms with Crippen LogP contribution in [0.2, 0.25) is 0 Å². The van der Waals surface area contributed by atoms with Crippen molar-refractivity contribution in [3.8, 4) is 0 Å². The lowest BCUT2D eigenvalue weighted by Crippen LogP contribution is -2.42. The minimum Gasteiger partial charge on any atom is -0.480 e. The molecule has 1 saturated carbocycles. The first-order chi connectivity index (χ1) is 18.6. The fourth-order valence-electron chi connectivity index (χ4n) is 5.80. The van der Waals surface area contributed by atoms with Gasteiger partial charge in [-0.1, -0.05) is 83.2 Å². The number of ether oxygens (including phenoxy) is 1. The first kappa shape index (κ1) is 34.3. The van der Waals surface area contributed by atoms with E-state index >= 15 is 0 Å². The topological polar surface area (TPSA) is 110 Å². The second-order valence-electron chi connectivity index (χ2n) is 11.5. The van der Waals surface area contributed by atoms with Crippen molar-refractivity contribution in [3.05, 3.63) is 35.9 Å². The van der Waals surface area contributed by atoms with E-state index in [9.17, 15) is 24.1 Å². The molecular formula is C30H47ClNO7P. The number of carbonyl (C=O) groups is 3. The van der Waals surface area contributed by atoms with Gasteiger partial charge in [0.05, 0.1) is 0 Å². The van der Waals surface area contributed by atoms with Gasteiger partial charge in [0.1, 0.15) is 12.2 Å². The van der Waals surface area contributed by atoms with Crippen molar-refractivity contribution in [3.63, 3.8) is 0 Å². The highest BCUT2D eigenvalue weighted by Crippen LogP contribution is 2.51. The van der Waals surface area contributed by atoms with Crippen LogP contribution in [0, 0.1) is 17.8 Å². The van der Waals surface area contributed by atoms with Crippen molar-refractivity contribution in [2.24, 2.45) is 17.8 Å². The summed E-state index contributed by atoms with van der Waals surface area (Å²) in [5, 5.41) is 9.92. The quantitative estimate of drug-likeness (QED) is 0.112. The molecule has 1 aromatic carbocycles. The number of unbranched alkanes of at least 4 members (excludes halogenated alkanes) is 1. The maximum atomic E-state index is 14.2. The van der Waals surface area contributed by atoms with Crippen molar-refractivity contribution in [1.29, 1.82) is 0 Å². The number of likely N-dealkylation sites (tertiary alicyclic amines) is 1. The lowest BCUT2D eigenvalue weighted by molar-refractivity contribution is -0.169. The minimum atomic E-state index is -3.60. The average Bonchev–Trinajstić information content (AvgIpc) is 3.38. The number of carbonyl (C=O) groups excluding carboxylic acids is 2. The summed E-state index contributed by atoms with van der Waals surface area (Å²) in [6.07, 6.45) is 7.12. The number of amides is 1. The number of aryl methyl sites for hydroxylation is 1. The number of esters is 1. The Hall–Kier alpha value is -1.89. The molecule has 0 radical (unpaired) electrons. The highest BCUT2D eigenvalue weighted by Gasteiger charge is 2.44. The van der Waals surface area contributed by atoms with Gasteiger partial charge in [-0.2, -0.15) is 0 Å². The molecule has 10 heteroatoms. The molecule has 1 aliphatic carbocycles. The van der Waals surface area contributed by atoms with E-state index in [2.05, 4.69) is 0 Å². The fraction of sp³-hybridized carbons (Fsp3) is 0.700. The highest BCUT2D eigenvalue weighted by atomic mass is 35.5. The molecule has 0 aromatic heterocycles. The molecule has 40 heavy (non-hydrogen) atoms. The van der Waals surface area contributed by atoms with E-state index < -0.39 is 37.5 Å². The minimum absolute atomic E-state index is 0. The molecule has 2 aliphatic rings. The molecule has 1 saturated heterocycles. The molecule has 0 unspecified atom stereocenters. The fourth-order valence-corrected chi connectivity index (χ4v) is 8.10. The van der Waals surface area contributed by atoms with E-state index in [1.165, 1.54) is 16.9 Å². The second kappa shape index (κ2) is 16.5. The molecule has 1 heterocycles. The van der Waals surface area contributed by atoms with Crippen LogP contribution < -0.4 is 0 Å². The number of aliphatic carboxylic acids is 1. The molecule has 226 valence electrons. The van der Waals surface area contributed by atoms with E-state index in [0.717, 1.165) is 38.5 Å². The summed E-state index contributed by atoms with van der Waals surface area (Å²) < 4.78 is 25.7. The Balaban J connectivity index is 0.00000560. The number of hydrogen-bond acceptors (Lipinski definition) is 6. The Kier molecular flexibility index (Phi) is 14.2. The average molecular weight is 600 g/mol. The van der Waals surface area contributed by atoms with E-state index in [1.807, 2.05) is 44.2 Å². The van der Waals surface area contributed by atoms with Gasteiger partial charge < -0.3 is 14.7 Å². The number of halogens is 1. The molecule has 1 aromatic rings. The van der Waals surface area contributed by atoms with Gasteiger partial charge >= 0.3 is 11.9 Å². The Morgan fingerprint density at radius 2 is 1.73 bits per heavy atom. The Morgan fingerprint density at radius 3 is 2.33 bits per heavy atom. The third-order valence-corrected chi connectivity index (χ3v) is 10.4. The SMILES string of the molecule is CCC(=O)O[C@@H](O[P@](=O)(CCCCc1ccccc1)CC(=O)N1C[C@H](C2CCCCC2)C[C@H]1C(=O)O)C(C)C.Cl.